The number of carbonyl (C=O) groups is 2. The number of nitrogens with zero attached hydrogens (tertiary/aromatic N) is 2. The molecule has 2 N–H and O–H groups in total. The van der Waals surface area contributed by atoms with E-state index in [1.807, 2.05) is 0 Å². The number of amides is 2. The summed E-state index contributed by atoms with van der Waals surface area (Å²) in [5, 5.41) is 12.3. The van der Waals surface area contributed by atoms with E-state index in [1.165, 1.54) is 11.3 Å². The minimum absolute atomic E-state index is 0.203. The predicted octanol–water partition coefficient (Wildman–Crippen LogP) is 5.91. The molecule has 0 atom stereocenters. The number of hydrogen-bond acceptors (Lipinski definition) is 6. The first-order chi connectivity index (χ1) is 15.3. The molecule has 2 aromatic carbocycles. The molecule has 0 fully saturated rings. The maximum absolute atomic E-state index is 12.6. The highest BCUT2D eigenvalue weighted by atomic mass is 35.5. The number of hydrazone groups is 1. The summed E-state index contributed by atoms with van der Waals surface area (Å²) >= 11 is 13.6. The molecule has 10 heteroatoms. The maximum Gasteiger partial charge on any atom is 0.283 e. The minimum Gasteiger partial charge on any atom is -0.361 e. The van der Waals surface area contributed by atoms with Gasteiger partial charge in [-0.3, -0.25) is 9.59 Å². The molecule has 2 heterocycles. The van der Waals surface area contributed by atoms with E-state index in [1.54, 1.807) is 62.4 Å². The molecule has 0 radical (unpaired) electrons. The Labute approximate surface area is 197 Å². The average molecular weight is 487 g/mol. The Kier molecular flexibility index (Phi) is 6.27. The third-order valence-corrected chi connectivity index (χ3v) is 6.44. The smallest absolute Gasteiger partial charge is 0.283 e. The Bertz CT molecular complexity index is 1360. The molecule has 2 amide bonds. The van der Waals surface area contributed by atoms with Gasteiger partial charge in [0.25, 0.3) is 11.8 Å². The van der Waals surface area contributed by atoms with Gasteiger partial charge in [0.15, 0.2) is 5.69 Å². The van der Waals surface area contributed by atoms with Crippen molar-refractivity contribution in [3.05, 3.63) is 80.5 Å². The Morgan fingerprint density at radius 3 is 2.50 bits per heavy atom. The van der Waals surface area contributed by atoms with Crippen molar-refractivity contribution in [2.45, 2.75) is 13.8 Å². The second-order valence-corrected chi connectivity index (χ2v) is 8.74. The number of rotatable bonds is 5. The fourth-order valence-electron chi connectivity index (χ4n) is 2.90. The monoisotopic (exact) mass is 486 g/mol. The average Bonchev–Trinajstić information content (AvgIpc) is 3.35. The largest absolute Gasteiger partial charge is 0.361 e. The first-order valence-corrected chi connectivity index (χ1v) is 11.0. The summed E-state index contributed by atoms with van der Waals surface area (Å²) in [5.74, 6) is -0.215. The van der Waals surface area contributed by atoms with Crippen molar-refractivity contribution in [2.75, 3.05) is 5.32 Å². The molecule has 0 aliphatic heterocycles. The highest BCUT2D eigenvalue weighted by molar-refractivity contribution is 7.21. The SMILES string of the molecule is CC(=NNC(=O)c1sc2cc(Cl)ccc2c1Cl)c1ccc(NC(=O)c2cc(C)on2)cc1. The standard InChI is InChI=1S/C22H16Cl2N4O3S/c1-11-9-17(28-31-11)21(29)25-15-6-3-13(4-7-15)12(2)26-27-22(30)20-19(24)16-8-5-14(23)10-18(16)32-20/h3-10H,1-2H3,(H,25,29)(H,27,30). The van der Waals surface area contributed by atoms with Crippen LogP contribution in [-0.4, -0.2) is 22.7 Å². The van der Waals surface area contributed by atoms with Crippen LogP contribution in [0, 0.1) is 6.92 Å². The number of fused-ring (bicyclic) bond motifs is 1. The van der Waals surface area contributed by atoms with Gasteiger partial charge in [0, 0.05) is 26.9 Å². The van der Waals surface area contributed by atoms with Crippen LogP contribution in [-0.2, 0) is 0 Å². The molecule has 0 saturated carbocycles. The highest BCUT2D eigenvalue weighted by Gasteiger charge is 2.17. The number of aryl methyl sites for hydroxylation is 1. The lowest BCUT2D eigenvalue weighted by atomic mass is 10.1. The fourth-order valence-corrected chi connectivity index (χ4v) is 4.58. The summed E-state index contributed by atoms with van der Waals surface area (Å²) in [6, 6.07) is 13.9. The highest BCUT2D eigenvalue weighted by Crippen LogP contribution is 2.36. The van der Waals surface area contributed by atoms with E-state index in [-0.39, 0.29) is 11.6 Å². The van der Waals surface area contributed by atoms with Crippen molar-refractivity contribution < 1.29 is 14.1 Å². The Balaban J connectivity index is 1.43. The quantitative estimate of drug-likeness (QED) is 0.270. The Morgan fingerprint density at radius 2 is 1.81 bits per heavy atom. The zero-order chi connectivity index (χ0) is 22.8. The molecular weight excluding hydrogens is 471 g/mol. The fraction of sp³-hybridized carbons (Fsp3) is 0.0909. The van der Waals surface area contributed by atoms with Gasteiger partial charge in [-0.25, -0.2) is 5.43 Å². The molecule has 32 heavy (non-hydrogen) atoms. The molecule has 4 aromatic rings. The van der Waals surface area contributed by atoms with Gasteiger partial charge in [-0.2, -0.15) is 5.10 Å². The lowest BCUT2D eigenvalue weighted by Gasteiger charge is -2.05. The van der Waals surface area contributed by atoms with Gasteiger partial charge >= 0.3 is 0 Å². The van der Waals surface area contributed by atoms with Gasteiger partial charge in [-0.05, 0) is 43.7 Å². The second-order valence-electron chi connectivity index (χ2n) is 6.88. The molecule has 0 aliphatic carbocycles. The number of thiophene rings is 1. The van der Waals surface area contributed by atoms with Gasteiger partial charge in [-0.1, -0.05) is 46.6 Å². The molecular formula is C22H16Cl2N4O3S. The predicted molar refractivity (Wildman–Crippen MR) is 127 cm³/mol. The second kappa shape index (κ2) is 9.12. The number of aromatic nitrogens is 1. The van der Waals surface area contributed by atoms with Crippen LogP contribution in [0.25, 0.3) is 10.1 Å². The third kappa shape index (κ3) is 4.67. The molecule has 0 bridgehead atoms. The van der Waals surface area contributed by atoms with Crippen LogP contribution in [0.2, 0.25) is 10.0 Å². The van der Waals surface area contributed by atoms with Crippen LogP contribution >= 0.6 is 34.5 Å². The summed E-state index contributed by atoms with van der Waals surface area (Å²) in [7, 11) is 0. The zero-order valence-electron chi connectivity index (χ0n) is 16.9. The summed E-state index contributed by atoms with van der Waals surface area (Å²) in [4.78, 5) is 25.1. The molecule has 2 aromatic heterocycles. The number of carbonyl (C=O) groups excluding carboxylic acids is 2. The molecule has 162 valence electrons. The molecule has 7 nitrogen and oxygen atoms in total. The van der Waals surface area contributed by atoms with Crippen LogP contribution in [0.5, 0.6) is 0 Å². The Hall–Kier alpha value is -3.20. The van der Waals surface area contributed by atoms with Crippen molar-refractivity contribution in [2.24, 2.45) is 5.10 Å². The summed E-state index contributed by atoms with van der Waals surface area (Å²) in [5.41, 5.74) is 4.69. The normalized spacial score (nSPS) is 11.6. The van der Waals surface area contributed by atoms with Gasteiger partial charge in [0.05, 0.1) is 10.7 Å². The molecule has 0 spiro atoms. The van der Waals surface area contributed by atoms with Gasteiger partial charge in [0.1, 0.15) is 10.6 Å². The first-order valence-electron chi connectivity index (χ1n) is 9.39. The van der Waals surface area contributed by atoms with Gasteiger partial charge in [-0.15, -0.1) is 11.3 Å². The van der Waals surface area contributed by atoms with Crippen molar-refractivity contribution >= 4 is 67.8 Å². The van der Waals surface area contributed by atoms with E-state index in [0.717, 1.165) is 15.6 Å². The number of anilines is 1. The van der Waals surface area contributed by atoms with Crippen LogP contribution in [0.4, 0.5) is 5.69 Å². The summed E-state index contributed by atoms with van der Waals surface area (Å²) < 4.78 is 5.73. The number of nitrogens with one attached hydrogen (secondary N) is 2. The summed E-state index contributed by atoms with van der Waals surface area (Å²) in [6.45, 7) is 3.47. The van der Waals surface area contributed by atoms with Crippen LogP contribution in [0.1, 0.15) is 38.4 Å². The number of benzene rings is 2. The molecule has 0 aliphatic rings. The molecule has 0 unspecified atom stereocenters. The van der Waals surface area contributed by atoms with E-state index < -0.39 is 5.91 Å². The lowest BCUT2D eigenvalue weighted by Crippen LogP contribution is -2.18. The minimum atomic E-state index is -0.404. The van der Waals surface area contributed by atoms with Gasteiger partial charge < -0.3 is 9.84 Å². The van der Waals surface area contributed by atoms with E-state index in [4.69, 9.17) is 27.7 Å². The van der Waals surface area contributed by atoms with E-state index in [9.17, 15) is 9.59 Å². The van der Waals surface area contributed by atoms with Crippen molar-refractivity contribution in [3.8, 4) is 0 Å². The zero-order valence-corrected chi connectivity index (χ0v) is 19.2. The molecule has 0 saturated heterocycles. The Morgan fingerprint density at radius 1 is 1.06 bits per heavy atom. The number of hydrogen-bond donors (Lipinski definition) is 2. The maximum atomic E-state index is 12.6. The van der Waals surface area contributed by atoms with Crippen LogP contribution in [0.3, 0.4) is 0 Å². The third-order valence-electron chi connectivity index (χ3n) is 4.54. The van der Waals surface area contributed by atoms with Crippen molar-refractivity contribution in [3.63, 3.8) is 0 Å². The van der Waals surface area contributed by atoms with Crippen LogP contribution in [0.15, 0.2) is 58.2 Å². The summed E-state index contributed by atoms with van der Waals surface area (Å²) in [6.07, 6.45) is 0. The lowest BCUT2D eigenvalue weighted by molar-refractivity contribution is 0.0958. The number of halogens is 2. The first kappa shape index (κ1) is 22.0. The van der Waals surface area contributed by atoms with Gasteiger partial charge in [0.2, 0.25) is 0 Å². The van der Waals surface area contributed by atoms with Crippen molar-refractivity contribution in [1.29, 1.82) is 0 Å². The van der Waals surface area contributed by atoms with Crippen molar-refractivity contribution in [1.82, 2.24) is 10.6 Å². The van der Waals surface area contributed by atoms with Crippen LogP contribution < -0.4 is 10.7 Å². The van der Waals surface area contributed by atoms with E-state index in [0.29, 0.717) is 32.1 Å². The van der Waals surface area contributed by atoms with E-state index >= 15 is 0 Å². The molecule has 4 rings (SSSR count). The topological polar surface area (TPSA) is 96.6 Å². The van der Waals surface area contributed by atoms with E-state index in [2.05, 4.69) is 21.0 Å².